The van der Waals surface area contributed by atoms with Gasteiger partial charge in [0.25, 0.3) is 0 Å². The summed E-state index contributed by atoms with van der Waals surface area (Å²) in [4.78, 5) is 8.84. The standard InChI is InChI=1S/C17H26N6O2/c1-5-18-16(19-10-14-7-6-8-15(22-14)25-4)20-12-17(2,24)13-9-21-23(3)11-13/h6-9,11,24H,5,10,12H2,1-4H3,(H2,18,19,20). The number of pyridine rings is 1. The van der Waals surface area contributed by atoms with Crippen LogP contribution in [0.25, 0.3) is 0 Å². The summed E-state index contributed by atoms with van der Waals surface area (Å²) in [6.07, 6.45) is 3.46. The molecule has 1 atom stereocenters. The van der Waals surface area contributed by atoms with E-state index in [1.54, 1.807) is 37.2 Å². The fourth-order valence-electron chi connectivity index (χ4n) is 2.22. The van der Waals surface area contributed by atoms with Crippen LogP contribution in [0.4, 0.5) is 0 Å². The van der Waals surface area contributed by atoms with Crippen LogP contribution >= 0.6 is 0 Å². The van der Waals surface area contributed by atoms with Crippen LogP contribution in [0, 0.1) is 0 Å². The Morgan fingerprint density at radius 3 is 2.84 bits per heavy atom. The average molecular weight is 346 g/mol. The van der Waals surface area contributed by atoms with Crippen molar-refractivity contribution < 1.29 is 9.84 Å². The molecule has 0 fully saturated rings. The molecule has 0 aliphatic carbocycles. The lowest BCUT2D eigenvalue weighted by molar-refractivity contribution is 0.0616. The first-order chi connectivity index (χ1) is 11.9. The number of hydrogen-bond donors (Lipinski definition) is 3. The molecule has 2 aromatic rings. The molecule has 0 bridgehead atoms. The summed E-state index contributed by atoms with van der Waals surface area (Å²) in [6, 6.07) is 5.56. The summed E-state index contributed by atoms with van der Waals surface area (Å²) in [7, 11) is 3.40. The first-order valence-electron chi connectivity index (χ1n) is 8.18. The number of guanidine groups is 1. The second kappa shape index (κ2) is 8.48. The molecule has 1 unspecified atom stereocenters. The fourth-order valence-corrected chi connectivity index (χ4v) is 2.22. The van der Waals surface area contributed by atoms with Crippen molar-refractivity contribution in [3.63, 3.8) is 0 Å². The van der Waals surface area contributed by atoms with Gasteiger partial charge in [-0.15, -0.1) is 0 Å². The third-order valence-electron chi connectivity index (χ3n) is 3.66. The van der Waals surface area contributed by atoms with Crippen molar-refractivity contribution in [1.29, 1.82) is 0 Å². The minimum Gasteiger partial charge on any atom is -0.481 e. The van der Waals surface area contributed by atoms with Crippen LogP contribution in [0.5, 0.6) is 5.88 Å². The van der Waals surface area contributed by atoms with Crippen LogP contribution in [0.15, 0.2) is 35.6 Å². The number of aromatic nitrogens is 3. The Morgan fingerprint density at radius 2 is 2.20 bits per heavy atom. The zero-order valence-electron chi connectivity index (χ0n) is 15.2. The van der Waals surface area contributed by atoms with Crippen molar-refractivity contribution in [1.82, 2.24) is 25.4 Å². The van der Waals surface area contributed by atoms with Gasteiger partial charge < -0.3 is 20.5 Å². The van der Waals surface area contributed by atoms with Crippen LogP contribution in [0.2, 0.25) is 0 Å². The summed E-state index contributed by atoms with van der Waals surface area (Å²) >= 11 is 0. The number of aryl methyl sites for hydroxylation is 1. The average Bonchev–Trinajstić information content (AvgIpc) is 3.05. The van der Waals surface area contributed by atoms with E-state index in [-0.39, 0.29) is 0 Å². The van der Waals surface area contributed by atoms with E-state index in [4.69, 9.17) is 4.74 Å². The molecule has 25 heavy (non-hydrogen) atoms. The highest BCUT2D eigenvalue weighted by Crippen LogP contribution is 2.18. The van der Waals surface area contributed by atoms with E-state index in [1.165, 1.54) is 0 Å². The van der Waals surface area contributed by atoms with Crippen molar-refractivity contribution in [2.24, 2.45) is 12.0 Å². The first-order valence-corrected chi connectivity index (χ1v) is 8.18. The van der Waals surface area contributed by atoms with Gasteiger partial charge in [0.15, 0.2) is 5.96 Å². The second-order valence-electron chi connectivity index (χ2n) is 5.90. The van der Waals surface area contributed by atoms with E-state index in [0.717, 1.165) is 11.3 Å². The molecule has 0 saturated heterocycles. The van der Waals surface area contributed by atoms with Crippen LogP contribution in [0.3, 0.4) is 0 Å². The number of rotatable bonds is 7. The summed E-state index contributed by atoms with van der Waals surface area (Å²) in [6.45, 7) is 5.15. The number of nitrogens with one attached hydrogen (secondary N) is 2. The number of hydrogen-bond acceptors (Lipinski definition) is 5. The Hall–Kier alpha value is -2.61. The highest BCUT2D eigenvalue weighted by Gasteiger charge is 2.24. The van der Waals surface area contributed by atoms with E-state index < -0.39 is 5.60 Å². The summed E-state index contributed by atoms with van der Waals surface area (Å²) in [5.74, 6) is 1.17. The molecule has 0 aliphatic heterocycles. The SMILES string of the molecule is CCNC(=NCc1cccc(OC)n1)NCC(C)(O)c1cnn(C)c1. The van der Waals surface area contributed by atoms with Crippen molar-refractivity contribution >= 4 is 5.96 Å². The Morgan fingerprint density at radius 1 is 1.40 bits per heavy atom. The molecule has 0 amide bonds. The number of methoxy groups -OCH3 is 1. The van der Waals surface area contributed by atoms with E-state index in [1.807, 2.05) is 26.1 Å². The van der Waals surface area contributed by atoms with Crippen molar-refractivity contribution in [3.05, 3.63) is 41.9 Å². The van der Waals surface area contributed by atoms with E-state index in [2.05, 4.69) is 25.7 Å². The maximum Gasteiger partial charge on any atom is 0.213 e. The first kappa shape index (κ1) is 18.7. The molecule has 3 N–H and O–H groups in total. The summed E-state index contributed by atoms with van der Waals surface area (Å²) in [5.41, 5.74) is 0.488. The minimum absolute atomic E-state index is 0.302. The highest BCUT2D eigenvalue weighted by atomic mass is 16.5. The Balaban J connectivity index is 2.01. The van der Waals surface area contributed by atoms with E-state index in [0.29, 0.717) is 31.5 Å². The Labute approximate surface area is 148 Å². The lowest BCUT2D eigenvalue weighted by atomic mass is 10.00. The molecule has 136 valence electrons. The molecule has 2 aromatic heterocycles. The number of nitrogens with zero attached hydrogens (tertiary/aromatic N) is 4. The number of aliphatic hydroxyl groups is 1. The second-order valence-corrected chi connectivity index (χ2v) is 5.90. The normalized spacial score (nSPS) is 14.0. The minimum atomic E-state index is -1.06. The molecule has 0 radical (unpaired) electrons. The van der Waals surface area contributed by atoms with Gasteiger partial charge in [-0.05, 0) is 19.9 Å². The van der Waals surface area contributed by atoms with Gasteiger partial charge in [-0.1, -0.05) is 6.07 Å². The molecule has 8 heteroatoms. The molecule has 0 spiro atoms. The van der Waals surface area contributed by atoms with E-state index in [9.17, 15) is 5.11 Å². The largest absolute Gasteiger partial charge is 0.481 e. The maximum atomic E-state index is 10.6. The fraction of sp³-hybridized carbons (Fsp3) is 0.471. The monoisotopic (exact) mass is 346 g/mol. The predicted molar refractivity (Wildman–Crippen MR) is 96.4 cm³/mol. The molecule has 8 nitrogen and oxygen atoms in total. The molecular formula is C17H26N6O2. The maximum absolute atomic E-state index is 10.6. The van der Waals surface area contributed by atoms with Crippen LogP contribution in [-0.2, 0) is 19.2 Å². The van der Waals surface area contributed by atoms with Gasteiger partial charge in [0, 0.05) is 31.4 Å². The molecular weight excluding hydrogens is 320 g/mol. The topological polar surface area (TPSA) is 96.6 Å². The lowest BCUT2D eigenvalue weighted by Gasteiger charge is -2.23. The van der Waals surface area contributed by atoms with Gasteiger partial charge in [0.1, 0.15) is 5.60 Å². The lowest BCUT2D eigenvalue weighted by Crippen LogP contribution is -2.44. The van der Waals surface area contributed by atoms with Crippen LogP contribution in [-0.4, -0.2) is 46.0 Å². The number of aliphatic imine (C=N–C) groups is 1. The van der Waals surface area contributed by atoms with Crippen molar-refractivity contribution in [3.8, 4) is 5.88 Å². The molecule has 0 saturated carbocycles. The molecule has 2 heterocycles. The van der Waals surface area contributed by atoms with Crippen molar-refractivity contribution in [2.75, 3.05) is 20.2 Å². The quantitative estimate of drug-likeness (QED) is 0.507. The highest BCUT2D eigenvalue weighted by molar-refractivity contribution is 5.79. The predicted octanol–water partition coefficient (Wildman–Crippen LogP) is 0.787. The van der Waals surface area contributed by atoms with Gasteiger partial charge in [-0.3, -0.25) is 4.68 Å². The molecule has 0 aliphatic rings. The third kappa shape index (κ3) is 5.46. The number of ether oxygens (including phenoxy) is 1. The van der Waals surface area contributed by atoms with E-state index >= 15 is 0 Å². The zero-order valence-corrected chi connectivity index (χ0v) is 15.2. The van der Waals surface area contributed by atoms with Gasteiger partial charge in [0.05, 0.1) is 32.1 Å². The molecule has 2 rings (SSSR count). The summed E-state index contributed by atoms with van der Waals surface area (Å²) < 4.78 is 6.78. The van der Waals surface area contributed by atoms with Gasteiger partial charge in [-0.25, -0.2) is 9.98 Å². The van der Waals surface area contributed by atoms with Crippen LogP contribution < -0.4 is 15.4 Å². The van der Waals surface area contributed by atoms with Crippen LogP contribution in [0.1, 0.15) is 25.1 Å². The van der Waals surface area contributed by atoms with Gasteiger partial charge >= 0.3 is 0 Å². The van der Waals surface area contributed by atoms with Crippen molar-refractivity contribution in [2.45, 2.75) is 26.0 Å². The van der Waals surface area contributed by atoms with Gasteiger partial charge in [0.2, 0.25) is 5.88 Å². The Kier molecular flexibility index (Phi) is 6.35. The summed E-state index contributed by atoms with van der Waals surface area (Å²) in [5, 5.41) is 21.1. The smallest absolute Gasteiger partial charge is 0.213 e. The van der Waals surface area contributed by atoms with Gasteiger partial charge in [-0.2, -0.15) is 5.10 Å². The zero-order chi connectivity index (χ0) is 18.3. The Bertz CT molecular complexity index is 711. The third-order valence-corrected chi connectivity index (χ3v) is 3.66. The molecule has 0 aromatic carbocycles.